The first-order chi connectivity index (χ1) is 15.4. The van der Waals surface area contributed by atoms with Crippen molar-refractivity contribution in [1.29, 1.82) is 0 Å². The van der Waals surface area contributed by atoms with Gasteiger partial charge in [0, 0.05) is 24.3 Å². The number of benzene rings is 2. The summed E-state index contributed by atoms with van der Waals surface area (Å²) >= 11 is 4.25. The third-order valence-electron chi connectivity index (χ3n) is 5.03. The molecule has 33 heavy (non-hydrogen) atoms. The number of aliphatic carboxylic acids is 2. The van der Waals surface area contributed by atoms with Gasteiger partial charge in [-0.1, -0.05) is 30.3 Å². The molecule has 0 aliphatic carbocycles. The van der Waals surface area contributed by atoms with E-state index in [0.717, 1.165) is 22.6 Å². The second-order valence-electron chi connectivity index (χ2n) is 7.40. The van der Waals surface area contributed by atoms with Gasteiger partial charge in [0.1, 0.15) is 0 Å². The molecule has 0 aliphatic rings. The minimum absolute atomic E-state index is 0.0254. The van der Waals surface area contributed by atoms with E-state index in [4.69, 9.17) is 16.0 Å². The Balaban J connectivity index is 2.58. The van der Waals surface area contributed by atoms with Gasteiger partial charge >= 0.3 is 11.9 Å². The minimum Gasteiger partial charge on any atom is -0.481 e. The number of thiol groups is 1. The van der Waals surface area contributed by atoms with Gasteiger partial charge in [-0.2, -0.15) is 12.6 Å². The summed E-state index contributed by atoms with van der Waals surface area (Å²) in [6.45, 7) is 0. The largest absolute Gasteiger partial charge is 0.481 e. The second-order valence-corrected chi connectivity index (χ2v) is 9.33. The molecule has 0 radical (unpaired) electrons. The molecule has 178 valence electrons. The Labute approximate surface area is 196 Å². The number of carbonyl (C=O) groups excluding carboxylic acids is 1. The number of primary sulfonamides is 1. The first-order valence-electron chi connectivity index (χ1n) is 9.76. The van der Waals surface area contributed by atoms with Crippen molar-refractivity contribution in [3.05, 3.63) is 60.2 Å². The van der Waals surface area contributed by atoms with Crippen molar-refractivity contribution in [2.24, 2.45) is 16.8 Å². The summed E-state index contributed by atoms with van der Waals surface area (Å²) in [5.41, 5.74) is 4.51. The summed E-state index contributed by atoms with van der Waals surface area (Å²) in [7, 11) is -4.04. The number of carbonyl (C=O) groups is 3. The van der Waals surface area contributed by atoms with Crippen molar-refractivity contribution in [1.82, 2.24) is 0 Å². The predicted molar refractivity (Wildman–Crippen MR) is 124 cm³/mol. The lowest BCUT2D eigenvalue weighted by Crippen LogP contribution is -2.65. The van der Waals surface area contributed by atoms with Crippen LogP contribution in [0.2, 0.25) is 0 Å². The van der Waals surface area contributed by atoms with Gasteiger partial charge in [-0.05, 0) is 36.2 Å². The van der Waals surface area contributed by atoms with Crippen molar-refractivity contribution in [3.8, 4) is 0 Å². The molecule has 2 atom stereocenters. The average Bonchev–Trinajstić information content (AvgIpc) is 2.76. The molecular formula is C21H25N3O7S2. The summed E-state index contributed by atoms with van der Waals surface area (Å²) in [6.07, 6.45) is -0.986. The Morgan fingerprint density at radius 3 is 2.06 bits per heavy atom. The van der Waals surface area contributed by atoms with Gasteiger partial charge in [-0.25, -0.2) is 18.4 Å². The third kappa shape index (κ3) is 6.54. The van der Waals surface area contributed by atoms with Crippen LogP contribution in [0.4, 0.5) is 5.69 Å². The van der Waals surface area contributed by atoms with Crippen LogP contribution in [0.15, 0.2) is 59.5 Å². The normalized spacial score (nSPS) is 14.2. The number of nitrogens with two attached hydrogens (primary N) is 2. The highest BCUT2D eigenvalue weighted by atomic mass is 32.2. The van der Waals surface area contributed by atoms with E-state index in [1.165, 1.54) is 12.1 Å². The van der Waals surface area contributed by atoms with E-state index in [2.05, 4.69) is 12.6 Å². The maximum Gasteiger partial charge on any atom is 0.345 e. The zero-order valence-corrected chi connectivity index (χ0v) is 19.2. The summed E-state index contributed by atoms with van der Waals surface area (Å²) in [6, 6.07) is 13.6. The molecule has 0 aromatic heterocycles. The van der Waals surface area contributed by atoms with E-state index in [9.17, 15) is 27.9 Å². The Bertz CT molecular complexity index is 1110. The Morgan fingerprint density at radius 2 is 1.61 bits per heavy atom. The van der Waals surface area contributed by atoms with Crippen LogP contribution in [0.25, 0.3) is 0 Å². The van der Waals surface area contributed by atoms with Gasteiger partial charge in [-0.3, -0.25) is 20.2 Å². The minimum atomic E-state index is -4.04. The molecule has 1 unspecified atom stereocenters. The van der Waals surface area contributed by atoms with Crippen LogP contribution in [-0.4, -0.2) is 47.9 Å². The molecule has 0 fully saturated rings. The summed E-state index contributed by atoms with van der Waals surface area (Å²) in [5, 5.41) is 24.1. The van der Waals surface area contributed by atoms with Crippen molar-refractivity contribution >= 4 is 46.2 Å². The molecule has 0 saturated heterocycles. The fraction of sp³-hybridized carbons (Fsp3) is 0.286. The van der Waals surface area contributed by atoms with Crippen molar-refractivity contribution < 1.29 is 33.0 Å². The zero-order chi connectivity index (χ0) is 24.8. The topological polar surface area (TPSA) is 181 Å². The molecule has 0 spiro atoms. The number of anilines is 1. The van der Waals surface area contributed by atoms with Crippen molar-refractivity contribution in [3.63, 3.8) is 0 Å². The van der Waals surface area contributed by atoms with Gasteiger partial charge in [-0.15, -0.1) is 0 Å². The number of nitrogens with zero attached hydrogens (tertiary/aromatic N) is 1. The number of amides is 1. The summed E-state index contributed by atoms with van der Waals surface area (Å²) < 4.78 is 23.2. The molecule has 10 nitrogen and oxygen atoms in total. The maximum absolute atomic E-state index is 13.6. The number of sulfonamides is 1. The molecule has 2 aromatic rings. The average molecular weight is 496 g/mol. The number of hydrogen-bond donors (Lipinski definition) is 5. The fourth-order valence-electron chi connectivity index (χ4n) is 3.26. The van der Waals surface area contributed by atoms with Crippen LogP contribution in [0.5, 0.6) is 0 Å². The summed E-state index contributed by atoms with van der Waals surface area (Å²) in [4.78, 5) is 37.5. The van der Waals surface area contributed by atoms with Crippen LogP contribution in [0.3, 0.4) is 0 Å². The Hall–Kier alpha value is -2.93. The van der Waals surface area contributed by atoms with Crippen LogP contribution >= 0.6 is 12.6 Å². The zero-order valence-electron chi connectivity index (χ0n) is 17.5. The standard InChI is InChI=1S/C21H25N3O7S2/c22-21(20(28)29,11-10-18(25)26)24(16-6-8-17(9-7-16)33(23,30)31)19(27)15(13-32)12-14-4-2-1-3-5-14/h1-9,15,32H,10-13,22H2,(H,25,26)(H,28,29)(H2,23,30,31)/t15?,21-/m1/s1. The van der Waals surface area contributed by atoms with Crippen LogP contribution < -0.4 is 15.8 Å². The van der Waals surface area contributed by atoms with E-state index in [0.29, 0.717) is 0 Å². The number of hydrogen-bond acceptors (Lipinski definition) is 7. The maximum atomic E-state index is 13.6. The van der Waals surface area contributed by atoms with Gasteiger partial charge in [0.25, 0.3) is 0 Å². The Morgan fingerprint density at radius 1 is 1.03 bits per heavy atom. The molecule has 2 rings (SSSR count). The molecule has 12 heteroatoms. The van der Waals surface area contributed by atoms with E-state index < -0.39 is 52.3 Å². The number of carboxylic acids is 2. The van der Waals surface area contributed by atoms with Crippen LogP contribution in [0.1, 0.15) is 18.4 Å². The molecule has 0 heterocycles. The first kappa shape index (κ1) is 26.3. The smallest absolute Gasteiger partial charge is 0.345 e. The second kappa shape index (κ2) is 10.8. The molecule has 0 aliphatic heterocycles. The van der Waals surface area contributed by atoms with Crippen molar-refractivity contribution in [2.45, 2.75) is 29.8 Å². The Kier molecular flexibility index (Phi) is 8.61. The lowest BCUT2D eigenvalue weighted by atomic mass is 9.95. The monoisotopic (exact) mass is 495 g/mol. The van der Waals surface area contributed by atoms with Crippen LogP contribution in [-0.2, 0) is 30.8 Å². The predicted octanol–water partition coefficient (Wildman–Crippen LogP) is 1.06. The van der Waals surface area contributed by atoms with E-state index in [1.807, 2.05) is 6.07 Å². The number of rotatable bonds is 11. The van der Waals surface area contributed by atoms with E-state index in [-0.39, 0.29) is 22.8 Å². The molecule has 2 aromatic carbocycles. The van der Waals surface area contributed by atoms with Crippen LogP contribution in [0, 0.1) is 5.92 Å². The molecule has 1 amide bonds. The van der Waals surface area contributed by atoms with Gasteiger partial charge in [0.15, 0.2) is 5.66 Å². The molecule has 6 N–H and O–H groups in total. The lowest BCUT2D eigenvalue weighted by Gasteiger charge is -2.39. The lowest BCUT2D eigenvalue weighted by molar-refractivity contribution is -0.146. The van der Waals surface area contributed by atoms with Gasteiger partial charge in [0.05, 0.1) is 10.8 Å². The number of carboxylic acid groups (broad SMARTS) is 2. The summed E-state index contributed by atoms with van der Waals surface area (Å²) in [5.74, 6) is -4.37. The molecule has 0 bridgehead atoms. The highest BCUT2D eigenvalue weighted by Gasteiger charge is 2.46. The van der Waals surface area contributed by atoms with Gasteiger partial charge < -0.3 is 10.2 Å². The molecule has 0 saturated carbocycles. The first-order valence-corrected chi connectivity index (χ1v) is 11.9. The third-order valence-corrected chi connectivity index (χ3v) is 6.40. The molecular weight excluding hydrogens is 470 g/mol. The van der Waals surface area contributed by atoms with Crippen molar-refractivity contribution in [2.75, 3.05) is 10.7 Å². The highest BCUT2D eigenvalue weighted by molar-refractivity contribution is 7.89. The quantitative estimate of drug-likeness (QED) is 0.226. The van der Waals surface area contributed by atoms with E-state index in [1.54, 1.807) is 24.3 Å². The SMILES string of the molecule is N[C@@](CCC(=O)O)(C(=O)O)N(C(=O)C(CS)Cc1ccccc1)c1ccc(S(N)(=O)=O)cc1. The van der Waals surface area contributed by atoms with E-state index >= 15 is 0 Å². The van der Waals surface area contributed by atoms with Gasteiger partial charge in [0.2, 0.25) is 15.9 Å². The highest BCUT2D eigenvalue weighted by Crippen LogP contribution is 2.29. The fourth-order valence-corrected chi connectivity index (χ4v) is 4.06.